The van der Waals surface area contributed by atoms with E-state index in [4.69, 9.17) is 5.11 Å². The molecular formula is C4H7IN2O2. The number of aliphatic hydroxyl groups is 1. The third-order valence-corrected chi connectivity index (χ3v) is 2.35. The van der Waals surface area contributed by atoms with E-state index in [1.165, 1.54) is 0 Å². The van der Waals surface area contributed by atoms with Gasteiger partial charge in [-0.3, -0.25) is 10.1 Å². The summed E-state index contributed by atoms with van der Waals surface area (Å²) in [7, 11) is 0. The van der Waals surface area contributed by atoms with Crippen molar-refractivity contribution in [1.82, 2.24) is 10.6 Å². The number of rotatable bonds is 0. The Morgan fingerprint density at radius 1 is 1.78 bits per heavy atom. The lowest BCUT2D eigenvalue weighted by Crippen LogP contribution is -2.55. The van der Waals surface area contributed by atoms with Gasteiger partial charge in [-0.2, -0.15) is 0 Å². The van der Waals surface area contributed by atoms with E-state index in [0.29, 0.717) is 6.67 Å². The van der Waals surface area contributed by atoms with Gasteiger partial charge in [-0.1, -0.05) is 22.6 Å². The lowest BCUT2D eigenvalue weighted by atomic mass is 10.3. The highest BCUT2D eigenvalue weighted by Gasteiger charge is 2.26. The third kappa shape index (κ3) is 1.53. The van der Waals surface area contributed by atoms with Crippen LogP contribution < -0.4 is 10.6 Å². The summed E-state index contributed by atoms with van der Waals surface area (Å²) >= 11 is 1.88. The van der Waals surface area contributed by atoms with Gasteiger partial charge in [0.05, 0.1) is 6.67 Å². The number of carbonyl (C=O) groups excluding carboxylic acids is 1. The van der Waals surface area contributed by atoms with Crippen LogP contribution in [0, 0.1) is 0 Å². The van der Waals surface area contributed by atoms with Crippen molar-refractivity contribution in [2.45, 2.75) is 10.2 Å². The third-order valence-electron chi connectivity index (χ3n) is 1.10. The maximum atomic E-state index is 10.7. The minimum atomic E-state index is -0.695. The van der Waals surface area contributed by atoms with Gasteiger partial charge in [0.2, 0.25) is 5.91 Å². The average molecular weight is 242 g/mol. The van der Waals surface area contributed by atoms with Gasteiger partial charge >= 0.3 is 0 Å². The number of aliphatic hydroxyl groups excluding tert-OH is 1. The summed E-state index contributed by atoms with van der Waals surface area (Å²) in [6.45, 7) is 0.361. The quantitative estimate of drug-likeness (QED) is 0.369. The van der Waals surface area contributed by atoms with Crippen molar-refractivity contribution in [2.24, 2.45) is 0 Å². The van der Waals surface area contributed by atoms with Crippen LogP contribution >= 0.6 is 22.6 Å². The fourth-order valence-electron chi connectivity index (χ4n) is 0.587. The van der Waals surface area contributed by atoms with Crippen LogP contribution in [0.25, 0.3) is 0 Å². The first-order valence-corrected chi connectivity index (χ1v) is 3.79. The van der Waals surface area contributed by atoms with Crippen molar-refractivity contribution >= 4 is 28.5 Å². The maximum Gasteiger partial charge on any atom is 0.238 e. The molecule has 9 heavy (non-hydrogen) atoms. The Morgan fingerprint density at radius 2 is 2.44 bits per heavy atom. The van der Waals surface area contributed by atoms with Crippen LogP contribution in [0.2, 0.25) is 0 Å². The fraction of sp³-hybridized carbons (Fsp3) is 0.750. The zero-order valence-corrected chi connectivity index (χ0v) is 6.75. The second-order valence-corrected chi connectivity index (χ2v) is 3.11. The van der Waals surface area contributed by atoms with E-state index in [0.717, 1.165) is 0 Å². The lowest BCUT2D eigenvalue weighted by molar-refractivity contribution is -0.124. The highest BCUT2D eigenvalue weighted by molar-refractivity contribution is 14.1. The molecule has 4 nitrogen and oxygen atoms in total. The van der Waals surface area contributed by atoms with E-state index in [1.54, 1.807) is 0 Å². The monoisotopic (exact) mass is 242 g/mol. The highest BCUT2D eigenvalue weighted by atomic mass is 127. The van der Waals surface area contributed by atoms with Gasteiger partial charge in [0.25, 0.3) is 0 Å². The Hall–Kier alpha value is 0.120. The Balaban J connectivity index is 2.51. The standard InChI is InChI=1S/C4H7IN2O2/c5-2-3(8)6-1-7-4(2)9/h2-3,6,8H,1H2,(H,7,9). The van der Waals surface area contributed by atoms with Gasteiger partial charge in [0.15, 0.2) is 0 Å². The molecule has 1 amide bonds. The second-order valence-electron chi connectivity index (χ2n) is 1.77. The molecule has 1 aliphatic rings. The molecule has 1 heterocycles. The van der Waals surface area contributed by atoms with Gasteiger partial charge in [-0.15, -0.1) is 0 Å². The van der Waals surface area contributed by atoms with Crippen molar-refractivity contribution in [3.05, 3.63) is 0 Å². The van der Waals surface area contributed by atoms with Crippen molar-refractivity contribution < 1.29 is 9.90 Å². The zero-order valence-electron chi connectivity index (χ0n) is 4.60. The minimum Gasteiger partial charge on any atom is -0.377 e. The first-order valence-electron chi connectivity index (χ1n) is 2.55. The first-order chi connectivity index (χ1) is 4.22. The number of hydrogen-bond acceptors (Lipinski definition) is 3. The Morgan fingerprint density at radius 3 is 2.89 bits per heavy atom. The molecule has 1 rings (SSSR count). The molecule has 1 aliphatic heterocycles. The van der Waals surface area contributed by atoms with Gasteiger partial charge in [0.1, 0.15) is 10.2 Å². The summed E-state index contributed by atoms with van der Waals surface area (Å²) in [6.07, 6.45) is -0.695. The summed E-state index contributed by atoms with van der Waals surface area (Å²) < 4.78 is -0.364. The summed E-state index contributed by atoms with van der Waals surface area (Å²) in [5.41, 5.74) is 0. The van der Waals surface area contributed by atoms with Crippen LogP contribution in [0.1, 0.15) is 0 Å². The van der Waals surface area contributed by atoms with Crippen LogP contribution in [0.3, 0.4) is 0 Å². The Bertz CT molecular complexity index is 130. The molecule has 0 aromatic rings. The summed E-state index contributed by atoms with van der Waals surface area (Å²) in [6, 6.07) is 0. The van der Waals surface area contributed by atoms with Crippen molar-refractivity contribution in [3.8, 4) is 0 Å². The van der Waals surface area contributed by atoms with Gasteiger partial charge < -0.3 is 10.4 Å². The number of halogens is 1. The van der Waals surface area contributed by atoms with E-state index in [2.05, 4.69) is 10.6 Å². The molecule has 2 unspecified atom stereocenters. The molecule has 2 atom stereocenters. The minimum absolute atomic E-state index is 0.109. The van der Waals surface area contributed by atoms with Gasteiger partial charge in [-0.25, -0.2) is 0 Å². The predicted octanol–water partition coefficient (Wildman–Crippen LogP) is -1.21. The summed E-state index contributed by atoms with van der Waals surface area (Å²) in [5.74, 6) is -0.109. The van der Waals surface area contributed by atoms with Crippen LogP contribution in [-0.4, -0.2) is 27.8 Å². The molecule has 0 spiro atoms. The van der Waals surface area contributed by atoms with Crippen LogP contribution in [0.5, 0.6) is 0 Å². The van der Waals surface area contributed by atoms with Crippen LogP contribution in [-0.2, 0) is 4.79 Å². The molecule has 0 radical (unpaired) electrons. The molecule has 5 heteroatoms. The van der Waals surface area contributed by atoms with E-state index in [1.807, 2.05) is 22.6 Å². The zero-order chi connectivity index (χ0) is 6.85. The van der Waals surface area contributed by atoms with Crippen molar-refractivity contribution in [2.75, 3.05) is 6.67 Å². The molecule has 52 valence electrons. The van der Waals surface area contributed by atoms with Crippen LogP contribution in [0.15, 0.2) is 0 Å². The molecule has 3 N–H and O–H groups in total. The normalized spacial score (nSPS) is 36.0. The predicted molar refractivity (Wildman–Crippen MR) is 40.0 cm³/mol. The molecule has 0 aliphatic carbocycles. The number of hydrogen-bond donors (Lipinski definition) is 3. The second kappa shape index (κ2) is 2.80. The summed E-state index contributed by atoms with van der Waals surface area (Å²) in [5, 5.41) is 14.2. The van der Waals surface area contributed by atoms with Crippen LogP contribution in [0.4, 0.5) is 0 Å². The lowest BCUT2D eigenvalue weighted by Gasteiger charge is -2.23. The van der Waals surface area contributed by atoms with E-state index in [-0.39, 0.29) is 9.83 Å². The fourth-order valence-corrected chi connectivity index (χ4v) is 1.06. The number of amides is 1. The van der Waals surface area contributed by atoms with Gasteiger partial charge in [0, 0.05) is 0 Å². The largest absolute Gasteiger partial charge is 0.377 e. The maximum absolute atomic E-state index is 10.7. The van der Waals surface area contributed by atoms with Gasteiger partial charge in [-0.05, 0) is 0 Å². The summed E-state index contributed by atoms with van der Waals surface area (Å²) in [4.78, 5) is 10.7. The first kappa shape index (κ1) is 7.23. The molecule has 0 aromatic carbocycles. The smallest absolute Gasteiger partial charge is 0.238 e. The molecule has 0 aromatic heterocycles. The SMILES string of the molecule is O=C1NCNC(O)C1I. The molecular weight excluding hydrogens is 235 g/mol. The van der Waals surface area contributed by atoms with E-state index >= 15 is 0 Å². The topological polar surface area (TPSA) is 61.4 Å². The van der Waals surface area contributed by atoms with E-state index in [9.17, 15) is 4.79 Å². The molecule has 1 fully saturated rings. The molecule has 0 bridgehead atoms. The average Bonchev–Trinajstić information content (AvgIpc) is 1.83. The van der Waals surface area contributed by atoms with Crippen molar-refractivity contribution in [1.29, 1.82) is 0 Å². The Labute approximate surface area is 66.1 Å². The molecule has 0 saturated carbocycles. The van der Waals surface area contributed by atoms with E-state index < -0.39 is 6.23 Å². The molecule has 1 saturated heterocycles. The highest BCUT2D eigenvalue weighted by Crippen LogP contribution is 2.06. The number of nitrogens with one attached hydrogen (secondary N) is 2. The van der Waals surface area contributed by atoms with Crippen molar-refractivity contribution in [3.63, 3.8) is 0 Å². The number of alkyl halides is 1. The number of carbonyl (C=O) groups is 1. The Kier molecular flexibility index (Phi) is 2.25.